The molecule has 1 amide bonds. The van der Waals surface area contributed by atoms with E-state index in [1.165, 1.54) is 34.1 Å². The number of pyridine rings is 1. The third-order valence-electron chi connectivity index (χ3n) is 3.59. The molecule has 0 aliphatic carbocycles. The van der Waals surface area contributed by atoms with Crippen molar-refractivity contribution in [3.05, 3.63) is 85.6 Å². The van der Waals surface area contributed by atoms with E-state index in [-0.39, 0.29) is 23.8 Å². The van der Waals surface area contributed by atoms with Crippen molar-refractivity contribution in [3.8, 4) is 0 Å². The standard InChI is InChI=1S/C18H14BrFN2O2S/c19-13-3-8-17(23)21(10-13)12-18(24)22(11-16-2-1-9-25-16)15-6-4-14(20)5-7-15/h1-10H,11-12H2. The number of thiophene rings is 1. The highest BCUT2D eigenvalue weighted by Gasteiger charge is 2.18. The first kappa shape index (κ1) is 17.6. The van der Waals surface area contributed by atoms with Crippen LogP contribution in [0.3, 0.4) is 0 Å². The highest BCUT2D eigenvalue weighted by Crippen LogP contribution is 2.21. The van der Waals surface area contributed by atoms with Gasteiger partial charge in [0.25, 0.3) is 5.56 Å². The maximum Gasteiger partial charge on any atom is 0.251 e. The summed E-state index contributed by atoms with van der Waals surface area (Å²) < 4.78 is 15.3. The molecule has 3 aromatic rings. The van der Waals surface area contributed by atoms with Crippen LogP contribution in [0.4, 0.5) is 10.1 Å². The van der Waals surface area contributed by atoms with Gasteiger partial charge in [-0.1, -0.05) is 6.07 Å². The van der Waals surface area contributed by atoms with Crippen LogP contribution >= 0.6 is 27.3 Å². The zero-order valence-electron chi connectivity index (χ0n) is 13.1. The number of anilines is 1. The number of halogens is 2. The molecule has 0 aliphatic heterocycles. The van der Waals surface area contributed by atoms with E-state index in [1.807, 2.05) is 17.5 Å². The molecule has 0 spiro atoms. The Morgan fingerprint density at radius 2 is 1.92 bits per heavy atom. The van der Waals surface area contributed by atoms with Gasteiger partial charge in [-0.2, -0.15) is 0 Å². The first-order chi connectivity index (χ1) is 12.0. The number of carbonyl (C=O) groups excluding carboxylic acids is 1. The van der Waals surface area contributed by atoms with Crippen molar-refractivity contribution in [2.75, 3.05) is 4.90 Å². The molecule has 0 atom stereocenters. The van der Waals surface area contributed by atoms with E-state index in [2.05, 4.69) is 15.9 Å². The second-order valence-corrected chi connectivity index (χ2v) is 7.30. The molecular weight excluding hydrogens is 407 g/mol. The average Bonchev–Trinajstić information content (AvgIpc) is 3.10. The predicted octanol–water partition coefficient (Wildman–Crippen LogP) is 4.04. The molecule has 128 valence electrons. The normalized spacial score (nSPS) is 10.6. The summed E-state index contributed by atoms with van der Waals surface area (Å²) in [7, 11) is 0. The minimum absolute atomic E-state index is 0.0962. The number of rotatable bonds is 5. The quantitative estimate of drug-likeness (QED) is 0.624. The van der Waals surface area contributed by atoms with Crippen molar-refractivity contribution in [1.29, 1.82) is 0 Å². The van der Waals surface area contributed by atoms with Crippen LogP contribution in [-0.4, -0.2) is 10.5 Å². The number of aromatic nitrogens is 1. The van der Waals surface area contributed by atoms with Crippen molar-refractivity contribution in [1.82, 2.24) is 4.57 Å². The number of carbonyl (C=O) groups is 1. The molecule has 0 bridgehead atoms. The van der Waals surface area contributed by atoms with Gasteiger partial charge in [0, 0.05) is 27.3 Å². The summed E-state index contributed by atoms with van der Waals surface area (Å²) in [5.74, 6) is -0.615. The van der Waals surface area contributed by atoms with Gasteiger partial charge in [0.2, 0.25) is 5.91 Å². The lowest BCUT2D eigenvalue weighted by molar-refractivity contribution is -0.119. The molecule has 7 heteroatoms. The Balaban J connectivity index is 1.90. The second-order valence-electron chi connectivity index (χ2n) is 5.35. The molecule has 0 fully saturated rings. The molecule has 25 heavy (non-hydrogen) atoms. The number of nitrogens with zero attached hydrogens (tertiary/aromatic N) is 2. The average molecular weight is 421 g/mol. The molecule has 0 N–H and O–H groups in total. The van der Waals surface area contributed by atoms with Crippen molar-refractivity contribution in [3.63, 3.8) is 0 Å². The summed E-state index contributed by atoms with van der Waals surface area (Å²) in [4.78, 5) is 27.4. The molecule has 2 heterocycles. The lowest BCUT2D eigenvalue weighted by Crippen LogP contribution is -2.35. The van der Waals surface area contributed by atoms with Crippen molar-refractivity contribution in [2.24, 2.45) is 0 Å². The second kappa shape index (κ2) is 7.76. The van der Waals surface area contributed by atoms with Crippen LogP contribution in [0.1, 0.15) is 4.88 Å². The molecule has 2 aromatic heterocycles. The smallest absolute Gasteiger partial charge is 0.251 e. The third-order valence-corrected chi connectivity index (χ3v) is 4.92. The number of benzene rings is 1. The van der Waals surface area contributed by atoms with Gasteiger partial charge >= 0.3 is 0 Å². The zero-order valence-corrected chi connectivity index (χ0v) is 15.5. The van der Waals surface area contributed by atoms with Gasteiger partial charge in [-0.05, 0) is 57.7 Å². The zero-order chi connectivity index (χ0) is 17.8. The van der Waals surface area contributed by atoms with E-state index in [4.69, 9.17) is 0 Å². The summed E-state index contributed by atoms with van der Waals surface area (Å²) >= 11 is 4.83. The Kier molecular flexibility index (Phi) is 5.45. The van der Waals surface area contributed by atoms with Crippen LogP contribution < -0.4 is 10.5 Å². The maximum absolute atomic E-state index is 13.2. The molecule has 0 saturated carbocycles. The SMILES string of the molecule is O=C(Cn1cc(Br)ccc1=O)N(Cc1cccs1)c1ccc(F)cc1. The molecule has 0 radical (unpaired) electrons. The van der Waals surface area contributed by atoms with Crippen LogP contribution in [-0.2, 0) is 17.9 Å². The minimum Gasteiger partial charge on any atom is -0.306 e. The van der Waals surface area contributed by atoms with Crippen LogP contribution in [0.25, 0.3) is 0 Å². The highest BCUT2D eigenvalue weighted by atomic mass is 79.9. The Labute approximate surface area is 156 Å². The van der Waals surface area contributed by atoms with E-state index < -0.39 is 0 Å². The van der Waals surface area contributed by atoms with Gasteiger partial charge in [-0.15, -0.1) is 11.3 Å². The fourth-order valence-corrected chi connectivity index (χ4v) is 3.43. The molecule has 4 nitrogen and oxygen atoms in total. The van der Waals surface area contributed by atoms with E-state index in [1.54, 1.807) is 29.3 Å². The minimum atomic E-state index is -0.365. The molecule has 0 aliphatic rings. The first-order valence-corrected chi connectivity index (χ1v) is 9.14. The number of amides is 1. The molecule has 0 saturated heterocycles. The van der Waals surface area contributed by atoms with E-state index >= 15 is 0 Å². The molecular formula is C18H14BrFN2O2S. The summed E-state index contributed by atoms with van der Waals surface area (Å²) in [5.41, 5.74) is 0.328. The van der Waals surface area contributed by atoms with Gasteiger partial charge in [0.15, 0.2) is 0 Å². The monoisotopic (exact) mass is 420 g/mol. The summed E-state index contributed by atoms with van der Waals surface area (Å²) in [5, 5.41) is 1.93. The topological polar surface area (TPSA) is 42.3 Å². The van der Waals surface area contributed by atoms with Crippen molar-refractivity contribution >= 4 is 38.9 Å². The van der Waals surface area contributed by atoms with Crippen LogP contribution in [0.15, 0.2) is 69.4 Å². The predicted molar refractivity (Wildman–Crippen MR) is 100 cm³/mol. The third kappa shape index (κ3) is 4.43. The fraction of sp³-hybridized carbons (Fsp3) is 0.111. The number of hydrogen-bond donors (Lipinski definition) is 0. The van der Waals surface area contributed by atoms with Crippen LogP contribution in [0.5, 0.6) is 0 Å². The lowest BCUT2D eigenvalue weighted by Gasteiger charge is -2.23. The van der Waals surface area contributed by atoms with Gasteiger partial charge in [-0.3, -0.25) is 9.59 Å². The van der Waals surface area contributed by atoms with Crippen LogP contribution in [0.2, 0.25) is 0 Å². The van der Waals surface area contributed by atoms with Gasteiger partial charge < -0.3 is 9.47 Å². The van der Waals surface area contributed by atoms with E-state index in [9.17, 15) is 14.0 Å². The fourth-order valence-electron chi connectivity index (χ4n) is 2.36. The van der Waals surface area contributed by atoms with Gasteiger partial charge in [-0.25, -0.2) is 4.39 Å². The summed E-state index contributed by atoms with van der Waals surface area (Å²) in [6.45, 7) is 0.270. The first-order valence-electron chi connectivity index (χ1n) is 7.47. The van der Waals surface area contributed by atoms with Crippen LogP contribution in [0, 0.1) is 5.82 Å². The van der Waals surface area contributed by atoms with Gasteiger partial charge in [0.1, 0.15) is 12.4 Å². The summed E-state index contributed by atoms with van der Waals surface area (Å²) in [6, 6.07) is 12.6. The Hall–Kier alpha value is -2.25. The number of hydrogen-bond acceptors (Lipinski definition) is 3. The highest BCUT2D eigenvalue weighted by molar-refractivity contribution is 9.10. The van der Waals surface area contributed by atoms with E-state index in [0.717, 1.165) is 4.88 Å². The van der Waals surface area contributed by atoms with Crippen molar-refractivity contribution < 1.29 is 9.18 Å². The summed E-state index contributed by atoms with van der Waals surface area (Å²) in [6.07, 6.45) is 1.58. The Morgan fingerprint density at radius 1 is 1.16 bits per heavy atom. The maximum atomic E-state index is 13.2. The Morgan fingerprint density at radius 3 is 2.60 bits per heavy atom. The van der Waals surface area contributed by atoms with E-state index in [0.29, 0.717) is 16.7 Å². The van der Waals surface area contributed by atoms with Crippen molar-refractivity contribution in [2.45, 2.75) is 13.1 Å². The molecule has 0 unspecified atom stereocenters. The Bertz CT molecular complexity index is 923. The largest absolute Gasteiger partial charge is 0.306 e. The molecule has 3 rings (SSSR count). The molecule has 1 aromatic carbocycles. The van der Waals surface area contributed by atoms with Gasteiger partial charge in [0.05, 0.1) is 6.54 Å². The lowest BCUT2D eigenvalue weighted by atomic mass is 10.2.